The molecule has 0 bridgehead atoms. The van der Waals surface area contributed by atoms with Gasteiger partial charge in [0.1, 0.15) is 5.60 Å². The molecule has 5 heteroatoms. The number of alkyl carbamates (subject to hydrolysis) is 1. The van der Waals surface area contributed by atoms with Crippen molar-refractivity contribution >= 4 is 6.09 Å². The highest BCUT2D eigenvalue weighted by atomic mass is 16.6. The molecule has 19 heavy (non-hydrogen) atoms. The molecule has 0 aromatic rings. The summed E-state index contributed by atoms with van der Waals surface area (Å²) < 4.78 is 10.6. The van der Waals surface area contributed by atoms with Gasteiger partial charge in [0.2, 0.25) is 0 Å². The Hall–Kier alpha value is -0.810. The number of nitrogens with one attached hydrogen (secondary N) is 2. The Morgan fingerprint density at radius 1 is 1.32 bits per heavy atom. The Kier molecular flexibility index (Phi) is 5.62. The highest BCUT2D eigenvalue weighted by molar-refractivity contribution is 5.68. The molecule has 1 aliphatic rings. The topological polar surface area (TPSA) is 59.6 Å². The van der Waals surface area contributed by atoms with Crippen molar-refractivity contribution in [3.05, 3.63) is 0 Å². The van der Waals surface area contributed by atoms with Crippen molar-refractivity contribution in [2.24, 2.45) is 5.92 Å². The Bertz CT molecular complexity index is 292. The molecule has 1 amide bonds. The summed E-state index contributed by atoms with van der Waals surface area (Å²) in [6.45, 7) is 12.9. The van der Waals surface area contributed by atoms with E-state index in [0.29, 0.717) is 12.5 Å². The minimum atomic E-state index is -0.464. The highest BCUT2D eigenvalue weighted by Gasteiger charge is 2.25. The molecule has 2 N–H and O–H groups in total. The van der Waals surface area contributed by atoms with Gasteiger partial charge in [-0.3, -0.25) is 0 Å². The fourth-order valence-electron chi connectivity index (χ4n) is 1.96. The molecule has 0 aromatic carbocycles. The van der Waals surface area contributed by atoms with Crippen LogP contribution in [-0.2, 0) is 9.47 Å². The normalized spacial score (nSPS) is 20.4. The smallest absolute Gasteiger partial charge is 0.408 e. The van der Waals surface area contributed by atoms with E-state index >= 15 is 0 Å². The summed E-state index contributed by atoms with van der Waals surface area (Å²) in [4.78, 5) is 11.7. The molecular weight excluding hydrogens is 244 g/mol. The second-order valence-electron chi connectivity index (χ2n) is 6.87. The zero-order chi connectivity index (χ0) is 14.5. The van der Waals surface area contributed by atoms with Crippen molar-refractivity contribution in [1.82, 2.24) is 10.6 Å². The molecule has 0 radical (unpaired) electrons. The average Bonchev–Trinajstić information content (AvgIpc) is 2.65. The summed E-state index contributed by atoms with van der Waals surface area (Å²) >= 11 is 0. The SMILES string of the molecule is CC(C)(CNCC1CCOC1)NC(=O)OC(C)(C)C. The largest absolute Gasteiger partial charge is 0.444 e. The molecule has 5 nitrogen and oxygen atoms in total. The summed E-state index contributed by atoms with van der Waals surface area (Å²) in [6, 6.07) is 0. The predicted molar refractivity (Wildman–Crippen MR) is 75.2 cm³/mol. The van der Waals surface area contributed by atoms with Gasteiger partial charge < -0.3 is 20.1 Å². The third kappa shape index (κ3) is 7.38. The van der Waals surface area contributed by atoms with Crippen LogP contribution in [0, 0.1) is 5.92 Å². The van der Waals surface area contributed by atoms with Crippen molar-refractivity contribution in [3.63, 3.8) is 0 Å². The zero-order valence-electron chi connectivity index (χ0n) is 12.8. The summed E-state index contributed by atoms with van der Waals surface area (Å²) in [5.74, 6) is 0.595. The van der Waals surface area contributed by atoms with Crippen LogP contribution in [0.15, 0.2) is 0 Å². The third-order valence-corrected chi connectivity index (χ3v) is 2.86. The van der Waals surface area contributed by atoms with Gasteiger partial charge in [-0.05, 0) is 47.0 Å². The molecule has 112 valence electrons. The number of rotatable bonds is 5. The van der Waals surface area contributed by atoms with Crippen LogP contribution in [0.2, 0.25) is 0 Å². The van der Waals surface area contributed by atoms with Crippen molar-refractivity contribution in [3.8, 4) is 0 Å². The van der Waals surface area contributed by atoms with Crippen LogP contribution < -0.4 is 10.6 Å². The van der Waals surface area contributed by atoms with Gasteiger partial charge in [0.05, 0.1) is 12.1 Å². The van der Waals surface area contributed by atoms with Crippen molar-refractivity contribution in [2.45, 2.75) is 52.2 Å². The minimum absolute atomic E-state index is 0.332. The number of hydrogen-bond acceptors (Lipinski definition) is 4. The number of carbonyl (C=O) groups excluding carboxylic acids is 1. The maximum Gasteiger partial charge on any atom is 0.408 e. The molecule has 1 unspecified atom stereocenters. The number of carbonyl (C=O) groups is 1. The van der Waals surface area contributed by atoms with Crippen LogP contribution in [0.25, 0.3) is 0 Å². The van der Waals surface area contributed by atoms with Gasteiger partial charge in [-0.1, -0.05) is 0 Å². The molecule has 0 aromatic heterocycles. The lowest BCUT2D eigenvalue weighted by Gasteiger charge is -2.29. The summed E-state index contributed by atoms with van der Waals surface area (Å²) in [5, 5.41) is 6.27. The van der Waals surface area contributed by atoms with Crippen LogP contribution in [0.3, 0.4) is 0 Å². The highest BCUT2D eigenvalue weighted by Crippen LogP contribution is 2.12. The Labute approximate surface area is 116 Å². The van der Waals surface area contributed by atoms with Gasteiger partial charge in [-0.25, -0.2) is 4.79 Å². The molecule has 1 rings (SSSR count). The second-order valence-corrected chi connectivity index (χ2v) is 6.87. The first-order chi connectivity index (χ1) is 8.68. The van der Waals surface area contributed by atoms with Gasteiger partial charge >= 0.3 is 6.09 Å². The first kappa shape index (κ1) is 16.2. The fourth-order valence-corrected chi connectivity index (χ4v) is 1.96. The molecule has 1 atom stereocenters. The van der Waals surface area contributed by atoms with Gasteiger partial charge in [0.15, 0.2) is 0 Å². The predicted octanol–water partition coefficient (Wildman–Crippen LogP) is 1.92. The minimum Gasteiger partial charge on any atom is -0.444 e. The zero-order valence-corrected chi connectivity index (χ0v) is 12.8. The average molecular weight is 272 g/mol. The first-order valence-corrected chi connectivity index (χ1v) is 6.98. The van der Waals surface area contributed by atoms with Gasteiger partial charge in [0.25, 0.3) is 0 Å². The second kappa shape index (κ2) is 6.57. The Morgan fingerprint density at radius 3 is 2.53 bits per heavy atom. The van der Waals surface area contributed by atoms with E-state index in [2.05, 4.69) is 10.6 Å². The van der Waals surface area contributed by atoms with Crippen molar-refractivity contribution in [1.29, 1.82) is 0 Å². The molecule has 0 saturated carbocycles. The fraction of sp³-hybridized carbons (Fsp3) is 0.929. The van der Waals surface area contributed by atoms with Crippen LogP contribution in [0.1, 0.15) is 41.0 Å². The van der Waals surface area contributed by atoms with E-state index in [1.54, 1.807) is 0 Å². The van der Waals surface area contributed by atoms with Crippen molar-refractivity contribution < 1.29 is 14.3 Å². The number of ether oxygens (including phenoxy) is 2. The Morgan fingerprint density at radius 2 is 2.00 bits per heavy atom. The maximum absolute atomic E-state index is 11.7. The maximum atomic E-state index is 11.7. The van der Waals surface area contributed by atoms with Gasteiger partial charge in [-0.15, -0.1) is 0 Å². The summed E-state index contributed by atoms with van der Waals surface area (Å²) in [7, 11) is 0. The molecule has 0 aliphatic carbocycles. The van der Waals surface area contributed by atoms with E-state index in [4.69, 9.17) is 9.47 Å². The molecular formula is C14H28N2O3. The van der Waals surface area contributed by atoms with E-state index in [1.807, 2.05) is 34.6 Å². The van der Waals surface area contributed by atoms with E-state index in [0.717, 1.165) is 26.2 Å². The van der Waals surface area contributed by atoms with E-state index < -0.39 is 5.60 Å². The van der Waals surface area contributed by atoms with E-state index in [-0.39, 0.29) is 11.6 Å². The van der Waals surface area contributed by atoms with Gasteiger partial charge in [-0.2, -0.15) is 0 Å². The van der Waals surface area contributed by atoms with Crippen LogP contribution >= 0.6 is 0 Å². The van der Waals surface area contributed by atoms with Crippen LogP contribution in [0.4, 0.5) is 4.79 Å². The van der Waals surface area contributed by atoms with Crippen LogP contribution in [0.5, 0.6) is 0 Å². The monoisotopic (exact) mass is 272 g/mol. The lowest BCUT2D eigenvalue weighted by atomic mass is 10.0. The molecule has 1 heterocycles. The standard InChI is InChI=1S/C14H28N2O3/c1-13(2,3)19-12(17)16-14(4,5)10-15-8-11-6-7-18-9-11/h11,15H,6-10H2,1-5H3,(H,16,17). The Balaban J connectivity index is 2.24. The molecule has 1 fully saturated rings. The number of amides is 1. The third-order valence-electron chi connectivity index (χ3n) is 2.86. The summed E-state index contributed by atoms with van der Waals surface area (Å²) in [5.41, 5.74) is -0.795. The van der Waals surface area contributed by atoms with Crippen molar-refractivity contribution in [2.75, 3.05) is 26.3 Å². The van der Waals surface area contributed by atoms with E-state index in [1.165, 1.54) is 0 Å². The summed E-state index contributed by atoms with van der Waals surface area (Å²) in [6.07, 6.45) is 0.746. The van der Waals surface area contributed by atoms with Gasteiger partial charge in [0, 0.05) is 19.7 Å². The lowest BCUT2D eigenvalue weighted by molar-refractivity contribution is 0.0471. The molecule has 1 aliphatic heterocycles. The van der Waals surface area contributed by atoms with Crippen LogP contribution in [-0.4, -0.2) is 43.5 Å². The first-order valence-electron chi connectivity index (χ1n) is 6.98. The quantitative estimate of drug-likeness (QED) is 0.802. The van der Waals surface area contributed by atoms with E-state index in [9.17, 15) is 4.79 Å². The lowest BCUT2D eigenvalue weighted by Crippen LogP contribution is -2.52. The number of hydrogen-bond donors (Lipinski definition) is 2. The molecule has 0 spiro atoms. The molecule has 1 saturated heterocycles.